The Morgan fingerprint density at radius 3 is 2.96 bits per heavy atom. The van der Waals surface area contributed by atoms with Gasteiger partial charge in [-0.3, -0.25) is 4.79 Å². The second-order valence-electron chi connectivity index (χ2n) is 5.25. The monoisotopic (exact) mass is 368 g/mol. The Kier molecular flexibility index (Phi) is 7.05. The normalized spacial score (nSPS) is 11.7. The van der Waals surface area contributed by atoms with Crippen LogP contribution in [0.5, 0.6) is 5.75 Å². The summed E-state index contributed by atoms with van der Waals surface area (Å²) < 4.78 is 10.7. The van der Waals surface area contributed by atoms with Gasteiger partial charge >= 0.3 is 0 Å². The van der Waals surface area contributed by atoms with Crippen LogP contribution >= 0.6 is 23.7 Å². The van der Waals surface area contributed by atoms with Gasteiger partial charge < -0.3 is 20.1 Å². The molecule has 1 aromatic carbocycles. The maximum absolute atomic E-state index is 12.3. The van der Waals surface area contributed by atoms with Gasteiger partial charge in [0.15, 0.2) is 0 Å². The summed E-state index contributed by atoms with van der Waals surface area (Å²) in [4.78, 5) is 14.1. The van der Waals surface area contributed by atoms with Crippen molar-refractivity contribution in [3.8, 4) is 16.2 Å². The van der Waals surface area contributed by atoms with Crippen molar-refractivity contribution < 1.29 is 14.3 Å². The Balaban J connectivity index is 0.00000208. The number of thiophene rings is 1. The number of carbonyl (C=O) groups excluding carboxylic acids is 1. The number of rotatable bonds is 7. The molecule has 7 heteroatoms. The highest BCUT2D eigenvalue weighted by Gasteiger charge is 2.22. The first-order valence-corrected chi connectivity index (χ1v) is 8.44. The van der Waals surface area contributed by atoms with Gasteiger partial charge in [-0.2, -0.15) is 0 Å². The summed E-state index contributed by atoms with van der Waals surface area (Å²) in [6.07, 6.45) is 0. The quantitative estimate of drug-likeness (QED) is 0.738. The molecule has 5 nitrogen and oxygen atoms in total. The molecule has 2 aromatic rings. The van der Waals surface area contributed by atoms with Crippen molar-refractivity contribution in [2.75, 3.05) is 33.4 Å². The predicted octanol–water partition coefficient (Wildman–Crippen LogP) is 2.70. The number of nitrogens with one attached hydrogen (secondary N) is 2. The smallest absolute Gasteiger partial charge is 0.261 e. The lowest BCUT2D eigenvalue weighted by molar-refractivity contribution is 0.0957. The summed E-state index contributed by atoms with van der Waals surface area (Å²) >= 11 is 1.53. The molecule has 0 fully saturated rings. The number of ether oxygens (including phenoxy) is 2. The Labute approximate surface area is 151 Å². The number of benzene rings is 1. The molecule has 2 N–H and O–H groups in total. The van der Waals surface area contributed by atoms with E-state index in [1.165, 1.54) is 11.3 Å². The predicted molar refractivity (Wildman–Crippen MR) is 98.4 cm³/mol. The number of carbonyl (C=O) groups is 1. The maximum atomic E-state index is 12.3. The highest BCUT2D eigenvalue weighted by Crippen LogP contribution is 2.42. The Morgan fingerprint density at radius 2 is 2.12 bits per heavy atom. The van der Waals surface area contributed by atoms with Crippen LogP contribution in [0.1, 0.15) is 15.2 Å². The molecular weight excluding hydrogens is 348 g/mol. The van der Waals surface area contributed by atoms with Gasteiger partial charge in [0, 0.05) is 42.7 Å². The number of hydrogen-bond acceptors (Lipinski definition) is 5. The number of para-hydroxylation sites is 1. The SMILES string of the molecule is COCCNCCNC(=O)c1cc2c(s1)-c1ccccc1OC2.Cl. The molecule has 0 radical (unpaired) electrons. The molecule has 0 unspecified atom stereocenters. The number of fused-ring (bicyclic) bond motifs is 3. The van der Waals surface area contributed by atoms with E-state index in [0.29, 0.717) is 19.8 Å². The van der Waals surface area contributed by atoms with E-state index in [1.54, 1.807) is 7.11 Å². The molecule has 0 saturated heterocycles. The lowest BCUT2D eigenvalue weighted by Gasteiger charge is -2.16. The van der Waals surface area contributed by atoms with Crippen LogP contribution in [0, 0.1) is 0 Å². The van der Waals surface area contributed by atoms with Gasteiger partial charge in [-0.05, 0) is 18.2 Å². The molecule has 1 aliphatic heterocycles. The molecule has 130 valence electrons. The standard InChI is InChI=1S/C17H20N2O3S.ClH/c1-21-9-8-18-6-7-19-17(20)15-10-12-11-22-14-5-3-2-4-13(14)16(12)23-15;/h2-5,10,18H,6-9,11H2,1H3,(H,19,20);1H. The van der Waals surface area contributed by atoms with Crippen molar-refractivity contribution >= 4 is 29.7 Å². The summed E-state index contributed by atoms with van der Waals surface area (Å²) in [5, 5.41) is 6.14. The van der Waals surface area contributed by atoms with Crippen molar-refractivity contribution in [1.82, 2.24) is 10.6 Å². The molecule has 0 bridgehead atoms. The van der Waals surface area contributed by atoms with Gasteiger partial charge in [0.05, 0.1) is 11.5 Å². The van der Waals surface area contributed by atoms with Crippen LogP contribution in [0.15, 0.2) is 30.3 Å². The van der Waals surface area contributed by atoms with Gasteiger partial charge in [-0.1, -0.05) is 12.1 Å². The second-order valence-corrected chi connectivity index (χ2v) is 6.30. The van der Waals surface area contributed by atoms with Gasteiger partial charge in [-0.15, -0.1) is 23.7 Å². The van der Waals surface area contributed by atoms with E-state index in [-0.39, 0.29) is 18.3 Å². The number of amides is 1. The molecular formula is C17H21ClN2O3S. The highest BCUT2D eigenvalue weighted by molar-refractivity contribution is 7.17. The van der Waals surface area contributed by atoms with Crippen molar-refractivity contribution in [2.24, 2.45) is 0 Å². The van der Waals surface area contributed by atoms with Crippen molar-refractivity contribution in [1.29, 1.82) is 0 Å². The van der Waals surface area contributed by atoms with E-state index >= 15 is 0 Å². The third kappa shape index (κ3) is 4.27. The Bertz CT molecular complexity index is 690. The maximum Gasteiger partial charge on any atom is 0.261 e. The molecule has 1 aromatic heterocycles. The summed E-state index contributed by atoms with van der Waals surface area (Å²) in [6.45, 7) is 3.30. The Morgan fingerprint density at radius 1 is 1.29 bits per heavy atom. The zero-order valence-electron chi connectivity index (χ0n) is 13.5. The number of halogens is 1. The zero-order chi connectivity index (χ0) is 16.1. The minimum absolute atomic E-state index is 0. The fourth-order valence-corrected chi connectivity index (χ4v) is 3.58. The second kappa shape index (κ2) is 9.03. The van der Waals surface area contributed by atoms with E-state index in [9.17, 15) is 4.79 Å². The molecule has 0 atom stereocenters. The van der Waals surface area contributed by atoms with Gasteiger partial charge in [-0.25, -0.2) is 0 Å². The minimum Gasteiger partial charge on any atom is -0.488 e. The average molecular weight is 369 g/mol. The topological polar surface area (TPSA) is 59.6 Å². The lowest BCUT2D eigenvalue weighted by atomic mass is 10.1. The molecule has 24 heavy (non-hydrogen) atoms. The first-order valence-electron chi connectivity index (χ1n) is 7.62. The van der Waals surface area contributed by atoms with E-state index in [1.807, 2.05) is 30.3 Å². The van der Waals surface area contributed by atoms with Crippen LogP contribution in [-0.2, 0) is 11.3 Å². The Hall–Kier alpha value is -1.60. The minimum atomic E-state index is -0.0320. The van der Waals surface area contributed by atoms with Crippen LogP contribution in [0.4, 0.5) is 0 Å². The molecule has 1 aliphatic rings. The summed E-state index contributed by atoms with van der Waals surface area (Å²) in [7, 11) is 1.67. The van der Waals surface area contributed by atoms with E-state index in [0.717, 1.165) is 39.7 Å². The number of methoxy groups -OCH3 is 1. The van der Waals surface area contributed by atoms with Crippen LogP contribution in [0.3, 0.4) is 0 Å². The number of hydrogen-bond donors (Lipinski definition) is 2. The first-order chi connectivity index (χ1) is 11.3. The largest absolute Gasteiger partial charge is 0.488 e. The molecule has 0 spiro atoms. The van der Waals surface area contributed by atoms with E-state index in [2.05, 4.69) is 10.6 Å². The van der Waals surface area contributed by atoms with Gasteiger partial charge in [0.1, 0.15) is 12.4 Å². The fraction of sp³-hybridized carbons (Fsp3) is 0.353. The van der Waals surface area contributed by atoms with E-state index < -0.39 is 0 Å². The van der Waals surface area contributed by atoms with Crippen LogP contribution in [0.2, 0.25) is 0 Å². The van der Waals surface area contributed by atoms with Crippen molar-refractivity contribution in [2.45, 2.75) is 6.61 Å². The van der Waals surface area contributed by atoms with Crippen LogP contribution in [-0.4, -0.2) is 39.3 Å². The summed E-state index contributed by atoms with van der Waals surface area (Å²) in [5.41, 5.74) is 2.15. The van der Waals surface area contributed by atoms with E-state index in [4.69, 9.17) is 9.47 Å². The summed E-state index contributed by atoms with van der Waals surface area (Å²) in [5.74, 6) is 0.853. The molecule has 0 saturated carbocycles. The first kappa shape index (κ1) is 18.7. The highest BCUT2D eigenvalue weighted by atomic mass is 35.5. The molecule has 1 amide bonds. The van der Waals surface area contributed by atoms with Crippen molar-refractivity contribution in [3.63, 3.8) is 0 Å². The fourth-order valence-electron chi connectivity index (χ4n) is 2.46. The van der Waals surface area contributed by atoms with Gasteiger partial charge in [0.2, 0.25) is 0 Å². The third-order valence-electron chi connectivity index (χ3n) is 3.62. The lowest BCUT2D eigenvalue weighted by Crippen LogP contribution is -2.32. The molecule has 0 aliphatic carbocycles. The van der Waals surface area contributed by atoms with Gasteiger partial charge in [0.25, 0.3) is 5.91 Å². The molecule has 3 rings (SSSR count). The van der Waals surface area contributed by atoms with Crippen LogP contribution in [0.25, 0.3) is 10.4 Å². The average Bonchev–Trinajstić information content (AvgIpc) is 3.02. The third-order valence-corrected chi connectivity index (χ3v) is 4.83. The zero-order valence-corrected chi connectivity index (χ0v) is 15.1. The summed E-state index contributed by atoms with van der Waals surface area (Å²) in [6, 6.07) is 9.88. The van der Waals surface area contributed by atoms with Crippen LogP contribution < -0.4 is 15.4 Å². The van der Waals surface area contributed by atoms with Crippen molar-refractivity contribution in [3.05, 3.63) is 40.8 Å². The molecule has 2 heterocycles.